The van der Waals surface area contributed by atoms with Crippen molar-refractivity contribution in [3.63, 3.8) is 0 Å². The highest BCUT2D eigenvalue weighted by Gasteiger charge is 2.19. The van der Waals surface area contributed by atoms with E-state index in [1.807, 2.05) is 0 Å². The second kappa shape index (κ2) is 6.27. The predicted molar refractivity (Wildman–Crippen MR) is 86.4 cm³/mol. The Morgan fingerprint density at radius 2 is 1.84 bits per heavy atom. The van der Waals surface area contributed by atoms with Crippen LogP contribution in [0.5, 0.6) is 0 Å². The molecule has 0 spiro atoms. The first-order valence-electron chi connectivity index (χ1n) is 6.57. The molecule has 2 rings (SSSR count). The van der Waals surface area contributed by atoms with Crippen molar-refractivity contribution in [1.29, 1.82) is 0 Å². The van der Waals surface area contributed by atoms with E-state index in [9.17, 15) is 4.21 Å². The third-order valence-electron chi connectivity index (χ3n) is 3.45. The number of nitrogens with zero attached hydrogens (tertiary/aromatic N) is 2. The van der Waals surface area contributed by atoms with Crippen molar-refractivity contribution in [2.45, 2.75) is 12.8 Å². The SMILES string of the molecule is CS(C)(=O)=NCC1CCN(c2ccc(Br)cc2)CC1. The van der Waals surface area contributed by atoms with Crippen LogP contribution in [0.15, 0.2) is 33.1 Å². The van der Waals surface area contributed by atoms with Crippen LogP contribution in [0.25, 0.3) is 0 Å². The maximum Gasteiger partial charge on any atom is 0.0513 e. The zero-order chi connectivity index (χ0) is 13.9. The van der Waals surface area contributed by atoms with E-state index in [0.717, 1.165) is 36.9 Å². The van der Waals surface area contributed by atoms with Crippen molar-refractivity contribution in [3.8, 4) is 0 Å². The lowest BCUT2D eigenvalue weighted by Crippen LogP contribution is -2.34. The van der Waals surface area contributed by atoms with Gasteiger partial charge in [0, 0.05) is 45.5 Å². The standard InChI is InChI=1S/C14H21BrN2OS/c1-19(2,18)16-11-12-7-9-17(10-8-12)14-5-3-13(15)4-6-14/h3-6,12H,7-11H2,1-2H3. The molecular weight excluding hydrogens is 324 g/mol. The minimum Gasteiger partial charge on any atom is -0.372 e. The van der Waals surface area contributed by atoms with Gasteiger partial charge in [-0.2, -0.15) is 0 Å². The van der Waals surface area contributed by atoms with E-state index < -0.39 is 9.73 Å². The van der Waals surface area contributed by atoms with Gasteiger partial charge in [-0.1, -0.05) is 15.9 Å². The van der Waals surface area contributed by atoms with E-state index in [2.05, 4.69) is 49.5 Å². The van der Waals surface area contributed by atoms with Gasteiger partial charge in [0.25, 0.3) is 0 Å². The molecule has 0 atom stereocenters. The molecule has 0 unspecified atom stereocenters. The van der Waals surface area contributed by atoms with Gasteiger partial charge >= 0.3 is 0 Å². The van der Waals surface area contributed by atoms with Crippen molar-refractivity contribution in [1.82, 2.24) is 0 Å². The fourth-order valence-corrected chi connectivity index (χ4v) is 3.14. The largest absolute Gasteiger partial charge is 0.372 e. The molecule has 0 saturated carbocycles. The van der Waals surface area contributed by atoms with Crippen molar-refractivity contribution < 1.29 is 4.21 Å². The van der Waals surface area contributed by atoms with Crippen LogP contribution in [0.4, 0.5) is 5.69 Å². The number of benzene rings is 1. The predicted octanol–water partition coefficient (Wildman–Crippen LogP) is 3.39. The van der Waals surface area contributed by atoms with Gasteiger partial charge in [-0.3, -0.25) is 4.21 Å². The lowest BCUT2D eigenvalue weighted by Gasteiger charge is -2.33. The Balaban J connectivity index is 1.89. The number of halogens is 1. The fourth-order valence-electron chi connectivity index (χ4n) is 2.31. The molecule has 0 N–H and O–H groups in total. The van der Waals surface area contributed by atoms with Gasteiger partial charge in [0.2, 0.25) is 0 Å². The summed E-state index contributed by atoms with van der Waals surface area (Å²) >= 11 is 3.46. The van der Waals surface area contributed by atoms with E-state index in [0.29, 0.717) is 5.92 Å². The van der Waals surface area contributed by atoms with Crippen molar-refractivity contribution in [2.24, 2.45) is 10.3 Å². The van der Waals surface area contributed by atoms with E-state index in [1.54, 1.807) is 12.5 Å². The van der Waals surface area contributed by atoms with Gasteiger partial charge in [-0.15, -0.1) is 0 Å². The first-order chi connectivity index (χ1) is 8.94. The Kier molecular flexibility index (Phi) is 4.90. The third kappa shape index (κ3) is 4.80. The van der Waals surface area contributed by atoms with E-state index in [4.69, 9.17) is 0 Å². The first-order valence-corrected chi connectivity index (χ1v) is 9.70. The molecule has 0 radical (unpaired) electrons. The minimum absolute atomic E-state index is 0.590. The highest BCUT2D eigenvalue weighted by molar-refractivity contribution is 9.10. The van der Waals surface area contributed by atoms with E-state index >= 15 is 0 Å². The summed E-state index contributed by atoms with van der Waals surface area (Å²) < 4.78 is 17.0. The number of hydrogen-bond donors (Lipinski definition) is 0. The Bertz CT molecular complexity index is 519. The molecular formula is C14H21BrN2OS. The van der Waals surface area contributed by atoms with Gasteiger partial charge in [0.15, 0.2) is 0 Å². The number of piperidine rings is 1. The molecule has 0 bridgehead atoms. The van der Waals surface area contributed by atoms with Crippen LogP contribution in [0.2, 0.25) is 0 Å². The Labute approximate surface area is 124 Å². The van der Waals surface area contributed by atoms with Gasteiger partial charge < -0.3 is 4.90 Å². The fraction of sp³-hybridized carbons (Fsp3) is 0.571. The second-order valence-corrected chi connectivity index (χ2v) is 8.94. The van der Waals surface area contributed by atoms with E-state index in [1.165, 1.54) is 5.69 Å². The van der Waals surface area contributed by atoms with Crippen LogP contribution < -0.4 is 4.90 Å². The summed E-state index contributed by atoms with van der Waals surface area (Å²) in [6.07, 6.45) is 5.69. The van der Waals surface area contributed by atoms with Crippen LogP contribution in [0.3, 0.4) is 0 Å². The molecule has 1 aromatic carbocycles. The molecule has 5 heteroatoms. The summed E-state index contributed by atoms with van der Waals surface area (Å²) in [6, 6.07) is 8.47. The smallest absolute Gasteiger partial charge is 0.0513 e. The average Bonchev–Trinajstić information content (AvgIpc) is 2.37. The summed E-state index contributed by atoms with van der Waals surface area (Å²) in [4.78, 5) is 2.41. The molecule has 106 valence electrons. The van der Waals surface area contributed by atoms with Crippen LogP contribution in [0.1, 0.15) is 12.8 Å². The summed E-state index contributed by atoms with van der Waals surface area (Å²) in [6.45, 7) is 2.88. The number of rotatable bonds is 3. The quantitative estimate of drug-likeness (QED) is 0.841. The van der Waals surface area contributed by atoms with Crippen LogP contribution in [0, 0.1) is 5.92 Å². The summed E-state index contributed by atoms with van der Waals surface area (Å²) in [7, 11) is -1.94. The van der Waals surface area contributed by atoms with Gasteiger partial charge in [-0.05, 0) is 43.0 Å². The maximum atomic E-state index is 11.6. The van der Waals surface area contributed by atoms with Gasteiger partial charge in [-0.25, -0.2) is 4.36 Å². The zero-order valence-electron chi connectivity index (χ0n) is 11.5. The molecule has 1 heterocycles. The summed E-state index contributed by atoms with van der Waals surface area (Å²) in [5.74, 6) is 0.590. The third-order valence-corrected chi connectivity index (χ3v) is 4.75. The van der Waals surface area contributed by atoms with Crippen LogP contribution in [-0.4, -0.2) is 36.4 Å². The highest BCUT2D eigenvalue weighted by atomic mass is 79.9. The lowest BCUT2D eigenvalue weighted by atomic mass is 9.97. The topological polar surface area (TPSA) is 32.7 Å². The van der Waals surface area contributed by atoms with Crippen LogP contribution >= 0.6 is 15.9 Å². The van der Waals surface area contributed by atoms with Gasteiger partial charge in [0.05, 0.1) is 6.54 Å². The average molecular weight is 345 g/mol. The molecule has 1 aliphatic rings. The molecule has 0 aliphatic carbocycles. The number of anilines is 1. The molecule has 19 heavy (non-hydrogen) atoms. The normalized spacial score (nSPS) is 17.5. The molecule has 0 aromatic heterocycles. The Morgan fingerprint density at radius 1 is 1.26 bits per heavy atom. The number of hydrogen-bond acceptors (Lipinski definition) is 3. The molecule has 1 saturated heterocycles. The van der Waals surface area contributed by atoms with Crippen molar-refractivity contribution in [3.05, 3.63) is 28.7 Å². The molecule has 1 aliphatic heterocycles. The van der Waals surface area contributed by atoms with E-state index in [-0.39, 0.29) is 0 Å². The van der Waals surface area contributed by atoms with Crippen molar-refractivity contribution in [2.75, 3.05) is 37.0 Å². The molecule has 1 aromatic rings. The molecule has 3 nitrogen and oxygen atoms in total. The van der Waals surface area contributed by atoms with Gasteiger partial charge in [0.1, 0.15) is 0 Å². The monoisotopic (exact) mass is 344 g/mol. The Morgan fingerprint density at radius 3 is 2.37 bits per heavy atom. The zero-order valence-corrected chi connectivity index (χ0v) is 13.9. The highest BCUT2D eigenvalue weighted by Crippen LogP contribution is 2.24. The first kappa shape index (κ1) is 14.9. The van der Waals surface area contributed by atoms with Crippen LogP contribution in [-0.2, 0) is 9.73 Å². The molecule has 0 amide bonds. The molecule has 1 fully saturated rings. The maximum absolute atomic E-state index is 11.6. The van der Waals surface area contributed by atoms with Crippen molar-refractivity contribution >= 4 is 31.3 Å². The lowest BCUT2D eigenvalue weighted by molar-refractivity contribution is 0.416. The minimum atomic E-state index is -1.94. The summed E-state index contributed by atoms with van der Waals surface area (Å²) in [5, 5.41) is 0. The Hall–Kier alpha value is -0.550. The summed E-state index contributed by atoms with van der Waals surface area (Å²) in [5.41, 5.74) is 1.29. The second-order valence-electron chi connectivity index (χ2n) is 5.40.